The molecule has 1 atom stereocenters. The predicted molar refractivity (Wildman–Crippen MR) is 61.4 cm³/mol. The first-order valence-corrected chi connectivity index (χ1v) is 6.37. The van der Waals surface area contributed by atoms with Crippen molar-refractivity contribution < 1.29 is 19.8 Å². The Morgan fingerprint density at radius 2 is 2.24 bits per heavy atom. The van der Waals surface area contributed by atoms with Gasteiger partial charge in [0.2, 0.25) is 5.91 Å². The van der Waals surface area contributed by atoms with Gasteiger partial charge in [-0.3, -0.25) is 9.59 Å². The van der Waals surface area contributed by atoms with E-state index in [1.54, 1.807) is 0 Å². The molecule has 0 bridgehead atoms. The summed E-state index contributed by atoms with van der Waals surface area (Å²) in [7, 11) is 2.14. The molecule has 6 nitrogen and oxygen atoms in total. The van der Waals surface area contributed by atoms with Gasteiger partial charge in [-0.05, 0) is 0 Å². The summed E-state index contributed by atoms with van der Waals surface area (Å²) in [6, 6.07) is -0.219. The van der Waals surface area contributed by atoms with Gasteiger partial charge in [0.15, 0.2) is 6.04 Å². The first-order chi connectivity index (χ1) is 8.16. The van der Waals surface area contributed by atoms with Crippen LogP contribution in [0.5, 0.6) is 0 Å². The van der Waals surface area contributed by atoms with Crippen LogP contribution >= 0.6 is 0 Å². The first kappa shape index (κ1) is 12.3. The Bertz CT molecular complexity index is 300. The summed E-state index contributed by atoms with van der Waals surface area (Å²) in [4.78, 5) is 26.9. The number of likely N-dealkylation sites (N-methyl/N-ethyl adjacent to an activating group) is 1. The van der Waals surface area contributed by atoms with Crippen molar-refractivity contribution in [2.45, 2.75) is 12.5 Å². The van der Waals surface area contributed by atoms with Crippen LogP contribution in [-0.4, -0.2) is 69.1 Å². The van der Waals surface area contributed by atoms with Crippen molar-refractivity contribution in [2.75, 3.05) is 46.3 Å². The molecule has 0 spiro atoms. The van der Waals surface area contributed by atoms with Crippen LogP contribution in [0.3, 0.4) is 0 Å². The maximum Gasteiger partial charge on any atom is 0.278 e. The van der Waals surface area contributed by atoms with Crippen molar-refractivity contribution in [3.05, 3.63) is 0 Å². The van der Waals surface area contributed by atoms with E-state index in [1.165, 1.54) is 4.90 Å². The van der Waals surface area contributed by atoms with E-state index in [4.69, 9.17) is 0 Å². The number of piperazine rings is 2. The lowest BCUT2D eigenvalue weighted by Crippen LogP contribution is -3.12. The summed E-state index contributed by atoms with van der Waals surface area (Å²) in [6.45, 7) is 5.23. The molecule has 2 aliphatic heterocycles. The van der Waals surface area contributed by atoms with E-state index < -0.39 is 0 Å². The summed E-state index contributed by atoms with van der Waals surface area (Å²) in [6.07, 6.45) is 0.338. The average molecular weight is 242 g/mol. The highest BCUT2D eigenvalue weighted by Crippen LogP contribution is 1.98. The van der Waals surface area contributed by atoms with E-state index in [2.05, 4.69) is 12.4 Å². The van der Waals surface area contributed by atoms with Crippen molar-refractivity contribution >= 4 is 11.8 Å². The lowest BCUT2D eigenvalue weighted by molar-refractivity contribution is -0.883. The van der Waals surface area contributed by atoms with Crippen molar-refractivity contribution in [3.8, 4) is 0 Å². The minimum Gasteiger partial charge on any atom is -0.345 e. The Kier molecular flexibility index (Phi) is 3.96. The zero-order valence-electron chi connectivity index (χ0n) is 10.4. The zero-order chi connectivity index (χ0) is 12.3. The second kappa shape index (κ2) is 5.46. The summed E-state index contributed by atoms with van der Waals surface area (Å²) in [5.74, 6) is 0.125. The zero-order valence-corrected chi connectivity index (χ0v) is 10.4. The van der Waals surface area contributed by atoms with Gasteiger partial charge in [-0.15, -0.1) is 0 Å². The molecular formula is C11H22N4O2+2. The molecule has 2 saturated heterocycles. The first-order valence-electron chi connectivity index (χ1n) is 6.37. The highest BCUT2D eigenvalue weighted by atomic mass is 16.2. The monoisotopic (exact) mass is 242 g/mol. The van der Waals surface area contributed by atoms with Gasteiger partial charge in [0, 0.05) is 0 Å². The van der Waals surface area contributed by atoms with Gasteiger partial charge in [0.1, 0.15) is 0 Å². The van der Waals surface area contributed by atoms with Crippen molar-refractivity contribution in [2.24, 2.45) is 0 Å². The number of carbonyl (C=O) groups excluding carboxylic acids is 2. The minimum atomic E-state index is -0.219. The molecule has 4 N–H and O–H groups in total. The molecule has 0 saturated carbocycles. The molecule has 0 aliphatic carbocycles. The number of quaternary nitrogens is 2. The number of hydrogen-bond acceptors (Lipinski definition) is 2. The van der Waals surface area contributed by atoms with Gasteiger partial charge in [0.05, 0.1) is 52.7 Å². The predicted octanol–water partition coefficient (Wildman–Crippen LogP) is -4.20. The van der Waals surface area contributed by atoms with Gasteiger partial charge in [0.25, 0.3) is 5.91 Å². The molecule has 0 radical (unpaired) electrons. The minimum absolute atomic E-state index is 0.00403. The van der Waals surface area contributed by atoms with Crippen LogP contribution in [0.2, 0.25) is 0 Å². The maximum absolute atomic E-state index is 12.0. The molecule has 2 heterocycles. The summed E-state index contributed by atoms with van der Waals surface area (Å²) in [5, 5.41) is 4.77. The standard InChI is InChI=1S/C11H20N4O2/c1-14-4-6-15(7-5-14)10(16)8-9-11(17)13-3-2-12-9/h9,12H,2-8H2,1H3,(H,13,17)/p+2/t9-/m0/s1. The average Bonchev–Trinajstić information content (AvgIpc) is 2.33. The third-order valence-electron chi connectivity index (χ3n) is 3.60. The quantitative estimate of drug-likeness (QED) is 0.459. The Labute approximate surface area is 101 Å². The molecule has 0 unspecified atom stereocenters. The molecule has 2 amide bonds. The highest BCUT2D eigenvalue weighted by molar-refractivity contribution is 5.87. The summed E-state index contributed by atoms with van der Waals surface area (Å²) in [5.41, 5.74) is 0. The molecular weight excluding hydrogens is 220 g/mol. The molecule has 2 fully saturated rings. The Balaban J connectivity index is 1.82. The fraction of sp³-hybridized carbons (Fsp3) is 0.818. The Morgan fingerprint density at radius 1 is 1.53 bits per heavy atom. The molecule has 96 valence electrons. The Morgan fingerprint density at radius 3 is 2.88 bits per heavy atom. The van der Waals surface area contributed by atoms with Crippen LogP contribution in [0.1, 0.15) is 6.42 Å². The number of nitrogens with two attached hydrogens (primary N) is 1. The van der Waals surface area contributed by atoms with Crippen LogP contribution in [0.15, 0.2) is 0 Å². The van der Waals surface area contributed by atoms with Gasteiger partial charge in [-0.1, -0.05) is 0 Å². The lowest BCUT2D eigenvalue weighted by atomic mass is 10.1. The van der Waals surface area contributed by atoms with Crippen LogP contribution in [0.4, 0.5) is 0 Å². The number of carbonyl (C=O) groups is 2. The molecule has 0 aromatic carbocycles. The van der Waals surface area contributed by atoms with Crippen LogP contribution in [-0.2, 0) is 9.59 Å². The lowest BCUT2D eigenvalue weighted by Gasteiger charge is -2.31. The summed E-state index contributed by atoms with van der Waals surface area (Å²) < 4.78 is 0. The molecule has 0 aromatic heterocycles. The smallest absolute Gasteiger partial charge is 0.278 e. The Hall–Kier alpha value is -1.14. The number of rotatable bonds is 2. The number of amides is 2. The van der Waals surface area contributed by atoms with E-state index in [0.29, 0.717) is 13.0 Å². The normalized spacial score (nSPS) is 26.8. The SMILES string of the molecule is C[NH+]1CCN(C(=O)C[C@@H]2[NH2+]CCNC2=O)CC1. The highest BCUT2D eigenvalue weighted by Gasteiger charge is 2.31. The van der Waals surface area contributed by atoms with E-state index in [1.807, 2.05) is 10.2 Å². The van der Waals surface area contributed by atoms with Gasteiger partial charge in [-0.2, -0.15) is 0 Å². The van der Waals surface area contributed by atoms with Crippen molar-refractivity contribution in [1.29, 1.82) is 0 Å². The van der Waals surface area contributed by atoms with Crippen molar-refractivity contribution in [1.82, 2.24) is 10.2 Å². The van der Waals surface area contributed by atoms with Crippen LogP contribution in [0.25, 0.3) is 0 Å². The van der Waals surface area contributed by atoms with Crippen molar-refractivity contribution in [3.63, 3.8) is 0 Å². The van der Waals surface area contributed by atoms with Crippen LogP contribution in [0, 0.1) is 0 Å². The third kappa shape index (κ3) is 3.17. The number of nitrogens with one attached hydrogen (secondary N) is 2. The van der Waals surface area contributed by atoms with Crippen LogP contribution < -0.4 is 15.5 Å². The van der Waals surface area contributed by atoms with E-state index in [-0.39, 0.29) is 17.9 Å². The molecule has 6 heteroatoms. The fourth-order valence-corrected chi connectivity index (χ4v) is 2.35. The van der Waals surface area contributed by atoms with E-state index >= 15 is 0 Å². The molecule has 2 rings (SSSR count). The third-order valence-corrected chi connectivity index (χ3v) is 3.60. The molecule has 0 aromatic rings. The second-order valence-corrected chi connectivity index (χ2v) is 4.96. The molecule has 17 heavy (non-hydrogen) atoms. The van der Waals surface area contributed by atoms with Gasteiger partial charge >= 0.3 is 0 Å². The second-order valence-electron chi connectivity index (χ2n) is 4.96. The molecule has 2 aliphatic rings. The fourth-order valence-electron chi connectivity index (χ4n) is 2.35. The van der Waals surface area contributed by atoms with Gasteiger partial charge < -0.3 is 20.4 Å². The number of hydrogen-bond donors (Lipinski definition) is 3. The maximum atomic E-state index is 12.0. The van der Waals surface area contributed by atoms with E-state index in [9.17, 15) is 9.59 Å². The number of nitrogens with zero attached hydrogens (tertiary/aromatic N) is 1. The largest absolute Gasteiger partial charge is 0.345 e. The summed E-state index contributed by atoms with van der Waals surface area (Å²) >= 11 is 0. The van der Waals surface area contributed by atoms with E-state index in [0.717, 1.165) is 32.7 Å². The van der Waals surface area contributed by atoms with Gasteiger partial charge in [-0.25, -0.2) is 0 Å². The topological polar surface area (TPSA) is 70.5 Å².